The van der Waals surface area contributed by atoms with E-state index in [2.05, 4.69) is 39.1 Å². The van der Waals surface area contributed by atoms with Gasteiger partial charge >= 0.3 is 0 Å². The first-order chi connectivity index (χ1) is 14.1. The zero-order chi connectivity index (χ0) is 20.3. The lowest BCUT2D eigenvalue weighted by Crippen LogP contribution is -2.46. The van der Waals surface area contributed by atoms with Crippen molar-refractivity contribution in [1.82, 2.24) is 15.1 Å². The Balaban J connectivity index is 1.17. The molecule has 1 aromatic rings. The van der Waals surface area contributed by atoms with Crippen molar-refractivity contribution in [2.75, 3.05) is 57.3 Å². The van der Waals surface area contributed by atoms with Crippen molar-refractivity contribution >= 4 is 23.2 Å². The van der Waals surface area contributed by atoms with E-state index in [1.807, 2.05) is 12.1 Å². The molecule has 0 unspecified atom stereocenters. The average molecular weight is 419 g/mol. The van der Waals surface area contributed by atoms with Crippen molar-refractivity contribution in [3.63, 3.8) is 0 Å². The molecule has 1 N–H and O–H groups in total. The highest BCUT2D eigenvalue weighted by molar-refractivity contribution is 6.30. The molecule has 1 aromatic carbocycles. The highest BCUT2D eigenvalue weighted by atomic mass is 35.5. The highest BCUT2D eigenvalue weighted by Gasteiger charge is 2.47. The second kappa shape index (κ2) is 9.23. The predicted molar refractivity (Wildman–Crippen MR) is 120 cm³/mol. The number of carbonyl (C=O) groups is 1. The van der Waals surface area contributed by atoms with Crippen LogP contribution in [0.1, 0.15) is 39.0 Å². The van der Waals surface area contributed by atoms with Crippen LogP contribution in [0.4, 0.5) is 5.69 Å². The predicted octanol–water partition coefficient (Wildman–Crippen LogP) is 3.23. The molecule has 29 heavy (non-hydrogen) atoms. The molecule has 1 amide bonds. The van der Waals surface area contributed by atoms with E-state index < -0.39 is 0 Å². The SMILES string of the molecule is CCN1CCC2(CC1)C[C@H](CCCN1CCN(c3cccc(Cl)c3)CC1)NC2=O. The van der Waals surface area contributed by atoms with Gasteiger partial charge in [-0.05, 0) is 76.5 Å². The van der Waals surface area contributed by atoms with E-state index >= 15 is 0 Å². The molecule has 1 spiro atoms. The van der Waals surface area contributed by atoms with Crippen molar-refractivity contribution in [2.24, 2.45) is 5.41 Å². The van der Waals surface area contributed by atoms with E-state index in [9.17, 15) is 4.79 Å². The second-order valence-corrected chi connectivity index (χ2v) is 9.48. The Morgan fingerprint density at radius 3 is 2.55 bits per heavy atom. The lowest BCUT2D eigenvalue weighted by Gasteiger charge is -2.37. The largest absolute Gasteiger partial charge is 0.369 e. The number of likely N-dealkylation sites (tertiary alicyclic amines) is 1. The first-order valence-corrected chi connectivity index (χ1v) is 11.7. The number of nitrogens with zero attached hydrogens (tertiary/aromatic N) is 3. The summed E-state index contributed by atoms with van der Waals surface area (Å²) >= 11 is 6.13. The van der Waals surface area contributed by atoms with Gasteiger partial charge in [-0.25, -0.2) is 0 Å². The van der Waals surface area contributed by atoms with Crippen LogP contribution in [0, 0.1) is 5.41 Å². The third kappa shape index (κ3) is 4.89. The van der Waals surface area contributed by atoms with Crippen LogP contribution in [0.5, 0.6) is 0 Å². The van der Waals surface area contributed by atoms with Gasteiger partial charge in [0.2, 0.25) is 5.91 Å². The maximum atomic E-state index is 12.7. The van der Waals surface area contributed by atoms with E-state index in [-0.39, 0.29) is 5.41 Å². The summed E-state index contributed by atoms with van der Waals surface area (Å²) in [7, 11) is 0. The quantitative estimate of drug-likeness (QED) is 0.769. The van der Waals surface area contributed by atoms with Crippen LogP contribution < -0.4 is 10.2 Å². The molecule has 3 aliphatic heterocycles. The molecule has 3 fully saturated rings. The molecule has 3 saturated heterocycles. The maximum absolute atomic E-state index is 12.7. The van der Waals surface area contributed by atoms with E-state index in [0.717, 1.165) is 83.1 Å². The summed E-state index contributed by atoms with van der Waals surface area (Å²) in [5, 5.41) is 4.13. The van der Waals surface area contributed by atoms with E-state index in [0.29, 0.717) is 11.9 Å². The van der Waals surface area contributed by atoms with Crippen LogP contribution in [0.2, 0.25) is 5.02 Å². The zero-order valence-electron chi connectivity index (χ0n) is 17.7. The molecule has 6 heteroatoms. The summed E-state index contributed by atoms with van der Waals surface area (Å²) < 4.78 is 0. The van der Waals surface area contributed by atoms with Crippen molar-refractivity contribution in [1.29, 1.82) is 0 Å². The van der Waals surface area contributed by atoms with Gasteiger partial charge in [0.1, 0.15) is 0 Å². The van der Waals surface area contributed by atoms with Gasteiger partial charge in [-0.1, -0.05) is 24.6 Å². The molecule has 0 aromatic heterocycles. The number of piperidine rings is 1. The normalized spacial score (nSPS) is 25.5. The molecule has 5 nitrogen and oxygen atoms in total. The Hall–Kier alpha value is -1.30. The standard InChI is InChI=1S/C23H35ClN4O/c1-2-26-11-8-23(9-12-26)18-20(25-22(23)29)6-4-10-27-13-15-28(16-14-27)21-7-3-5-19(24)17-21/h3,5,7,17,20H,2,4,6,8-16,18H2,1H3,(H,25,29)/t20-/m0/s1. The molecule has 4 rings (SSSR count). The van der Waals surface area contributed by atoms with E-state index in [4.69, 9.17) is 11.6 Å². The Morgan fingerprint density at radius 2 is 1.86 bits per heavy atom. The van der Waals surface area contributed by atoms with Crippen LogP contribution in [0.3, 0.4) is 0 Å². The van der Waals surface area contributed by atoms with Gasteiger partial charge in [-0.15, -0.1) is 0 Å². The number of rotatable bonds is 6. The van der Waals surface area contributed by atoms with Gasteiger partial charge < -0.3 is 15.1 Å². The van der Waals surface area contributed by atoms with Crippen LogP contribution in [-0.2, 0) is 4.79 Å². The highest BCUT2D eigenvalue weighted by Crippen LogP contribution is 2.41. The minimum atomic E-state index is -0.0705. The number of hydrogen-bond acceptors (Lipinski definition) is 4. The van der Waals surface area contributed by atoms with Crippen molar-refractivity contribution in [3.05, 3.63) is 29.3 Å². The third-order valence-electron chi connectivity index (χ3n) is 7.29. The number of benzene rings is 1. The number of anilines is 1. The minimum absolute atomic E-state index is 0.0705. The summed E-state index contributed by atoms with van der Waals surface area (Å²) in [5.41, 5.74) is 1.16. The topological polar surface area (TPSA) is 38.8 Å². The van der Waals surface area contributed by atoms with Crippen molar-refractivity contribution < 1.29 is 4.79 Å². The monoisotopic (exact) mass is 418 g/mol. The summed E-state index contributed by atoms with van der Waals surface area (Å²) in [6, 6.07) is 8.54. The smallest absolute Gasteiger partial charge is 0.226 e. The molecule has 0 bridgehead atoms. The first-order valence-electron chi connectivity index (χ1n) is 11.3. The Labute approximate surface area is 180 Å². The number of hydrogen-bond donors (Lipinski definition) is 1. The van der Waals surface area contributed by atoms with E-state index in [1.165, 1.54) is 12.1 Å². The van der Waals surface area contributed by atoms with Gasteiger partial charge in [0, 0.05) is 42.9 Å². The Bertz CT molecular complexity index is 696. The van der Waals surface area contributed by atoms with E-state index in [1.54, 1.807) is 0 Å². The van der Waals surface area contributed by atoms with Gasteiger partial charge in [0.25, 0.3) is 0 Å². The lowest BCUT2D eigenvalue weighted by atomic mass is 9.75. The Morgan fingerprint density at radius 1 is 1.10 bits per heavy atom. The summed E-state index contributed by atoms with van der Waals surface area (Å²) in [4.78, 5) is 20.1. The number of halogens is 1. The third-order valence-corrected chi connectivity index (χ3v) is 7.52. The second-order valence-electron chi connectivity index (χ2n) is 9.04. The van der Waals surface area contributed by atoms with Crippen LogP contribution >= 0.6 is 11.6 Å². The van der Waals surface area contributed by atoms with Crippen LogP contribution in [0.25, 0.3) is 0 Å². The van der Waals surface area contributed by atoms with Crippen molar-refractivity contribution in [2.45, 2.75) is 45.1 Å². The fraction of sp³-hybridized carbons (Fsp3) is 0.696. The molecule has 160 valence electrons. The molecule has 0 aliphatic carbocycles. The fourth-order valence-corrected chi connectivity index (χ4v) is 5.50. The minimum Gasteiger partial charge on any atom is -0.369 e. The molecule has 0 radical (unpaired) electrons. The number of carbonyl (C=O) groups excluding carboxylic acids is 1. The Kier molecular flexibility index (Phi) is 6.67. The summed E-state index contributed by atoms with van der Waals surface area (Å²) in [6.07, 6.45) is 5.40. The molecule has 3 aliphatic rings. The zero-order valence-corrected chi connectivity index (χ0v) is 18.5. The van der Waals surface area contributed by atoms with Crippen LogP contribution in [-0.4, -0.2) is 74.1 Å². The van der Waals surface area contributed by atoms with Gasteiger partial charge in [-0.2, -0.15) is 0 Å². The van der Waals surface area contributed by atoms with Crippen LogP contribution in [0.15, 0.2) is 24.3 Å². The maximum Gasteiger partial charge on any atom is 0.226 e. The number of nitrogens with one attached hydrogen (secondary N) is 1. The lowest BCUT2D eigenvalue weighted by molar-refractivity contribution is -0.130. The van der Waals surface area contributed by atoms with Gasteiger partial charge in [0.05, 0.1) is 5.41 Å². The molecular weight excluding hydrogens is 384 g/mol. The molecule has 0 saturated carbocycles. The fourth-order valence-electron chi connectivity index (χ4n) is 5.32. The first kappa shape index (κ1) is 21.0. The summed E-state index contributed by atoms with van der Waals surface area (Å²) in [5.74, 6) is 0.327. The molecule has 3 heterocycles. The van der Waals surface area contributed by atoms with Gasteiger partial charge in [0.15, 0.2) is 0 Å². The molecule has 1 atom stereocenters. The van der Waals surface area contributed by atoms with Crippen molar-refractivity contribution in [3.8, 4) is 0 Å². The molecular formula is C23H35ClN4O. The number of piperazine rings is 1. The summed E-state index contributed by atoms with van der Waals surface area (Å²) in [6.45, 7) is 10.9. The average Bonchev–Trinajstić information content (AvgIpc) is 3.04. The van der Waals surface area contributed by atoms with Gasteiger partial charge in [-0.3, -0.25) is 9.69 Å². The number of amides is 1.